The van der Waals surface area contributed by atoms with Crippen molar-refractivity contribution in [3.63, 3.8) is 0 Å². The number of hydrogen-bond acceptors (Lipinski definition) is 3. The van der Waals surface area contributed by atoms with E-state index in [1.807, 2.05) is 4.90 Å². The van der Waals surface area contributed by atoms with Gasteiger partial charge in [0.15, 0.2) is 0 Å². The van der Waals surface area contributed by atoms with Gasteiger partial charge in [0.05, 0.1) is 0 Å². The van der Waals surface area contributed by atoms with Crippen molar-refractivity contribution in [2.75, 3.05) is 26.2 Å². The van der Waals surface area contributed by atoms with Crippen LogP contribution in [0.15, 0.2) is 0 Å². The van der Waals surface area contributed by atoms with E-state index in [0.29, 0.717) is 12.6 Å². The number of amides is 2. The normalized spacial score (nSPS) is 32.2. The summed E-state index contributed by atoms with van der Waals surface area (Å²) in [6, 6.07) is 0.522. The number of nitrogens with one attached hydrogen (secondary N) is 2. The quantitative estimate of drug-likeness (QED) is 0.511. The molecule has 80 valence electrons. The lowest BCUT2D eigenvalue weighted by atomic mass is 10.3. The van der Waals surface area contributed by atoms with Gasteiger partial charge in [-0.05, 0) is 19.4 Å². The molecule has 2 aliphatic rings. The molecule has 5 nitrogen and oxygen atoms in total. The zero-order valence-electron chi connectivity index (χ0n) is 8.33. The first kappa shape index (κ1) is 9.73. The van der Waals surface area contributed by atoms with Gasteiger partial charge >= 0.3 is 6.03 Å². The molecular weight excluding hydrogens is 180 g/mol. The van der Waals surface area contributed by atoms with E-state index in [9.17, 15) is 4.79 Å². The molecular formula is C9H18N4O. The Hall–Kier alpha value is -0.810. The molecule has 0 aromatic rings. The summed E-state index contributed by atoms with van der Waals surface area (Å²) in [6.45, 7) is 3.40. The third-order valence-electron chi connectivity index (χ3n) is 2.90. The number of rotatable bonds is 1. The predicted octanol–water partition coefficient (Wildman–Crippen LogP) is -0.909. The van der Waals surface area contributed by atoms with Crippen molar-refractivity contribution in [1.82, 2.24) is 15.5 Å². The molecule has 0 spiro atoms. The van der Waals surface area contributed by atoms with Crippen molar-refractivity contribution in [2.24, 2.45) is 5.73 Å². The molecule has 2 atom stereocenters. The summed E-state index contributed by atoms with van der Waals surface area (Å²) in [5, 5.41) is 6.23. The number of likely N-dealkylation sites (tertiary alicyclic amines) is 1. The maximum atomic E-state index is 11.7. The van der Waals surface area contributed by atoms with Crippen LogP contribution in [-0.4, -0.2) is 49.2 Å². The third-order valence-corrected chi connectivity index (χ3v) is 2.90. The molecule has 2 fully saturated rings. The molecule has 2 aliphatic heterocycles. The van der Waals surface area contributed by atoms with Crippen LogP contribution >= 0.6 is 0 Å². The fraction of sp³-hybridized carbons (Fsp3) is 0.889. The van der Waals surface area contributed by atoms with Crippen molar-refractivity contribution < 1.29 is 4.79 Å². The molecule has 2 rings (SSSR count). The Morgan fingerprint density at radius 2 is 2.36 bits per heavy atom. The molecule has 0 saturated carbocycles. The van der Waals surface area contributed by atoms with Crippen LogP contribution in [0.3, 0.4) is 0 Å². The number of nitrogens with two attached hydrogens (primary N) is 1. The summed E-state index contributed by atoms with van der Waals surface area (Å²) in [5.41, 5.74) is 5.74. The first-order valence-corrected chi connectivity index (χ1v) is 5.27. The minimum Gasteiger partial charge on any atom is -0.334 e. The number of carbonyl (C=O) groups excluding carboxylic acids is 1. The zero-order chi connectivity index (χ0) is 9.97. The highest BCUT2D eigenvalue weighted by Gasteiger charge is 2.25. The molecule has 14 heavy (non-hydrogen) atoms. The Morgan fingerprint density at radius 3 is 2.93 bits per heavy atom. The van der Waals surface area contributed by atoms with E-state index in [0.717, 1.165) is 32.5 Å². The van der Waals surface area contributed by atoms with Crippen LogP contribution in [0.1, 0.15) is 12.8 Å². The van der Waals surface area contributed by atoms with Crippen LogP contribution in [0.5, 0.6) is 0 Å². The summed E-state index contributed by atoms with van der Waals surface area (Å²) in [7, 11) is 0. The molecule has 0 aromatic heterocycles. The van der Waals surface area contributed by atoms with Crippen molar-refractivity contribution in [1.29, 1.82) is 0 Å². The van der Waals surface area contributed by atoms with Gasteiger partial charge in [-0.3, -0.25) is 0 Å². The second-order valence-electron chi connectivity index (χ2n) is 4.13. The van der Waals surface area contributed by atoms with Gasteiger partial charge in [0.25, 0.3) is 0 Å². The van der Waals surface area contributed by atoms with Crippen molar-refractivity contribution in [3.05, 3.63) is 0 Å². The highest BCUT2D eigenvalue weighted by Crippen LogP contribution is 2.07. The maximum absolute atomic E-state index is 11.7. The van der Waals surface area contributed by atoms with Gasteiger partial charge in [-0.15, -0.1) is 0 Å². The SMILES string of the molecule is N[C@@H]1CCN(C(=O)N[C@@H]2CCNC2)C1. The van der Waals surface area contributed by atoms with Crippen molar-refractivity contribution >= 4 is 6.03 Å². The van der Waals surface area contributed by atoms with Gasteiger partial charge < -0.3 is 21.3 Å². The Labute approximate surface area is 84.0 Å². The second-order valence-corrected chi connectivity index (χ2v) is 4.13. The van der Waals surface area contributed by atoms with Crippen LogP contribution in [0, 0.1) is 0 Å². The number of nitrogens with zero attached hydrogens (tertiary/aromatic N) is 1. The van der Waals surface area contributed by atoms with Crippen molar-refractivity contribution in [2.45, 2.75) is 24.9 Å². The van der Waals surface area contributed by atoms with Gasteiger partial charge in [0.1, 0.15) is 0 Å². The standard InChI is InChI=1S/C9H18N4O/c10-7-2-4-13(6-7)9(14)12-8-1-3-11-5-8/h7-8,11H,1-6,10H2,(H,12,14)/t7-,8-/m1/s1. The fourth-order valence-electron chi connectivity index (χ4n) is 2.02. The van der Waals surface area contributed by atoms with Gasteiger partial charge in [-0.1, -0.05) is 0 Å². The van der Waals surface area contributed by atoms with E-state index in [1.54, 1.807) is 0 Å². The van der Waals surface area contributed by atoms with Crippen LogP contribution in [0.4, 0.5) is 4.79 Å². The summed E-state index contributed by atoms with van der Waals surface area (Å²) < 4.78 is 0. The monoisotopic (exact) mass is 198 g/mol. The van der Waals surface area contributed by atoms with E-state index in [-0.39, 0.29) is 12.1 Å². The van der Waals surface area contributed by atoms with E-state index >= 15 is 0 Å². The van der Waals surface area contributed by atoms with E-state index < -0.39 is 0 Å². The fourth-order valence-corrected chi connectivity index (χ4v) is 2.02. The lowest BCUT2D eigenvalue weighted by molar-refractivity contribution is 0.205. The summed E-state index contributed by atoms with van der Waals surface area (Å²) in [6.07, 6.45) is 1.96. The molecule has 0 unspecified atom stereocenters. The van der Waals surface area contributed by atoms with Gasteiger partial charge in [0, 0.05) is 31.7 Å². The molecule has 2 heterocycles. The summed E-state index contributed by atoms with van der Waals surface area (Å²) in [5.74, 6) is 0. The minimum atomic E-state index is 0.0478. The molecule has 2 saturated heterocycles. The average molecular weight is 198 g/mol. The number of urea groups is 1. The Kier molecular flexibility index (Phi) is 2.88. The Morgan fingerprint density at radius 1 is 1.50 bits per heavy atom. The molecule has 0 radical (unpaired) electrons. The van der Waals surface area contributed by atoms with E-state index in [4.69, 9.17) is 5.73 Å². The summed E-state index contributed by atoms with van der Waals surface area (Å²) >= 11 is 0. The lowest BCUT2D eigenvalue weighted by Gasteiger charge is -2.19. The number of carbonyl (C=O) groups is 1. The Bertz CT molecular complexity index is 215. The molecule has 0 bridgehead atoms. The predicted molar refractivity (Wildman–Crippen MR) is 54.0 cm³/mol. The molecule has 4 N–H and O–H groups in total. The highest BCUT2D eigenvalue weighted by molar-refractivity contribution is 5.75. The summed E-state index contributed by atoms with van der Waals surface area (Å²) in [4.78, 5) is 13.5. The molecule has 2 amide bonds. The molecule has 0 aromatic carbocycles. The van der Waals surface area contributed by atoms with Crippen molar-refractivity contribution in [3.8, 4) is 0 Å². The van der Waals surface area contributed by atoms with Crippen LogP contribution in [0.25, 0.3) is 0 Å². The first-order chi connectivity index (χ1) is 6.75. The topological polar surface area (TPSA) is 70.4 Å². The van der Waals surface area contributed by atoms with Gasteiger partial charge in [-0.25, -0.2) is 4.79 Å². The van der Waals surface area contributed by atoms with Gasteiger partial charge in [0.2, 0.25) is 0 Å². The lowest BCUT2D eigenvalue weighted by Crippen LogP contribution is -2.45. The zero-order valence-corrected chi connectivity index (χ0v) is 8.33. The molecule has 5 heteroatoms. The Balaban J connectivity index is 1.77. The van der Waals surface area contributed by atoms with E-state index in [1.165, 1.54) is 0 Å². The minimum absolute atomic E-state index is 0.0478. The average Bonchev–Trinajstić information content (AvgIpc) is 2.75. The van der Waals surface area contributed by atoms with E-state index in [2.05, 4.69) is 10.6 Å². The maximum Gasteiger partial charge on any atom is 0.317 e. The van der Waals surface area contributed by atoms with Crippen LogP contribution in [-0.2, 0) is 0 Å². The molecule has 0 aliphatic carbocycles. The highest BCUT2D eigenvalue weighted by atomic mass is 16.2. The van der Waals surface area contributed by atoms with Crippen LogP contribution in [0.2, 0.25) is 0 Å². The third kappa shape index (κ3) is 2.16. The largest absolute Gasteiger partial charge is 0.334 e. The van der Waals surface area contributed by atoms with Gasteiger partial charge in [-0.2, -0.15) is 0 Å². The number of hydrogen-bond donors (Lipinski definition) is 3. The smallest absolute Gasteiger partial charge is 0.317 e. The first-order valence-electron chi connectivity index (χ1n) is 5.27. The second kappa shape index (κ2) is 4.14. The van der Waals surface area contributed by atoms with Crippen LogP contribution < -0.4 is 16.4 Å².